The topological polar surface area (TPSA) is 110 Å². The molecule has 3 aromatic rings. The molecule has 2 aromatic carbocycles. The van der Waals surface area contributed by atoms with Crippen LogP contribution in [0.4, 0.5) is 5.69 Å². The fourth-order valence-corrected chi connectivity index (χ4v) is 5.38. The van der Waals surface area contributed by atoms with Gasteiger partial charge in [0, 0.05) is 28.5 Å². The number of hydrogen-bond acceptors (Lipinski definition) is 9. The SMILES string of the molecule is C/C(=N/NC(=O)CSc1nnc(SCc2ccccc2Cl)s1)c1cccc([N+](=O)[O-])c1. The summed E-state index contributed by atoms with van der Waals surface area (Å²) in [5, 5.41) is 23.8. The summed E-state index contributed by atoms with van der Waals surface area (Å²) in [6.45, 7) is 1.67. The first-order valence-corrected chi connectivity index (χ1v) is 12.0. The highest BCUT2D eigenvalue weighted by atomic mass is 35.5. The Labute approximate surface area is 195 Å². The largest absolute Gasteiger partial charge is 0.272 e. The minimum atomic E-state index is -0.477. The first kappa shape index (κ1) is 23.2. The quantitative estimate of drug-likeness (QED) is 0.193. The zero-order valence-electron chi connectivity index (χ0n) is 16.1. The van der Waals surface area contributed by atoms with Crippen molar-refractivity contribution in [3.63, 3.8) is 0 Å². The van der Waals surface area contributed by atoms with E-state index in [0.717, 1.165) is 9.90 Å². The van der Waals surface area contributed by atoms with Gasteiger partial charge in [0.2, 0.25) is 0 Å². The Hall–Kier alpha value is -2.47. The highest BCUT2D eigenvalue weighted by Crippen LogP contribution is 2.32. The van der Waals surface area contributed by atoms with Gasteiger partial charge in [-0.2, -0.15) is 5.10 Å². The van der Waals surface area contributed by atoms with Gasteiger partial charge in [-0.1, -0.05) is 76.8 Å². The second-order valence-corrected chi connectivity index (χ2v) is 9.87. The van der Waals surface area contributed by atoms with Crippen molar-refractivity contribution < 1.29 is 9.72 Å². The number of non-ortho nitro benzene ring substituents is 1. The van der Waals surface area contributed by atoms with E-state index in [-0.39, 0.29) is 17.3 Å². The molecule has 0 saturated carbocycles. The number of thioether (sulfide) groups is 2. The highest BCUT2D eigenvalue weighted by Gasteiger charge is 2.11. The number of nitro groups is 1. The van der Waals surface area contributed by atoms with E-state index in [1.54, 1.807) is 19.1 Å². The van der Waals surface area contributed by atoms with Crippen LogP contribution in [-0.4, -0.2) is 32.5 Å². The predicted molar refractivity (Wildman–Crippen MR) is 125 cm³/mol. The van der Waals surface area contributed by atoms with Crippen LogP contribution in [0.1, 0.15) is 18.1 Å². The van der Waals surface area contributed by atoms with Crippen LogP contribution in [0, 0.1) is 10.1 Å². The van der Waals surface area contributed by atoms with Gasteiger partial charge in [-0.3, -0.25) is 14.9 Å². The smallest absolute Gasteiger partial charge is 0.270 e. The van der Waals surface area contributed by atoms with Crippen LogP contribution in [0.15, 0.2) is 62.3 Å². The molecule has 0 atom stereocenters. The van der Waals surface area contributed by atoms with E-state index in [2.05, 4.69) is 20.7 Å². The summed E-state index contributed by atoms with van der Waals surface area (Å²) in [4.78, 5) is 22.5. The second kappa shape index (κ2) is 11.2. The summed E-state index contributed by atoms with van der Waals surface area (Å²) in [6, 6.07) is 13.7. The van der Waals surface area contributed by atoms with E-state index < -0.39 is 4.92 Å². The van der Waals surface area contributed by atoms with Crippen LogP contribution >= 0.6 is 46.5 Å². The molecule has 1 amide bonds. The number of nitrogens with one attached hydrogen (secondary N) is 1. The number of hydrogen-bond donors (Lipinski definition) is 1. The first-order valence-electron chi connectivity index (χ1n) is 8.83. The molecule has 0 saturated heterocycles. The van der Waals surface area contributed by atoms with Crippen LogP contribution in [0.2, 0.25) is 5.02 Å². The lowest BCUT2D eigenvalue weighted by Crippen LogP contribution is -2.21. The van der Waals surface area contributed by atoms with Gasteiger partial charge in [0.05, 0.1) is 16.4 Å². The summed E-state index contributed by atoms with van der Waals surface area (Å²) >= 11 is 10.4. The van der Waals surface area contributed by atoms with Gasteiger partial charge in [0.25, 0.3) is 11.6 Å². The third kappa shape index (κ3) is 7.03. The number of carbonyl (C=O) groups is 1. The van der Waals surface area contributed by atoms with E-state index in [1.807, 2.05) is 24.3 Å². The third-order valence-electron chi connectivity index (χ3n) is 3.85. The van der Waals surface area contributed by atoms with Crippen molar-refractivity contribution in [3.8, 4) is 0 Å². The maximum Gasteiger partial charge on any atom is 0.270 e. The van der Waals surface area contributed by atoms with E-state index in [0.29, 0.717) is 26.4 Å². The molecule has 8 nitrogen and oxygen atoms in total. The minimum Gasteiger partial charge on any atom is -0.272 e. The van der Waals surface area contributed by atoms with Crippen molar-refractivity contribution in [2.45, 2.75) is 21.4 Å². The van der Waals surface area contributed by atoms with E-state index in [4.69, 9.17) is 11.6 Å². The number of nitrogens with zero attached hydrogens (tertiary/aromatic N) is 4. The lowest BCUT2D eigenvalue weighted by Gasteiger charge is -2.02. The van der Waals surface area contributed by atoms with E-state index in [9.17, 15) is 14.9 Å². The minimum absolute atomic E-state index is 0.0339. The van der Waals surface area contributed by atoms with Crippen LogP contribution < -0.4 is 5.43 Å². The van der Waals surface area contributed by atoms with Gasteiger partial charge in [-0.05, 0) is 18.6 Å². The Kier molecular flexibility index (Phi) is 8.41. The molecule has 1 aromatic heterocycles. The number of nitro benzene ring substituents is 1. The zero-order chi connectivity index (χ0) is 22.2. The summed E-state index contributed by atoms with van der Waals surface area (Å²) in [6.07, 6.45) is 0. The Morgan fingerprint density at radius 2 is 1.94 bits per heavy atom. The van der Waals surface area contributed by atoms with Crippen LogP contribution in [-0.2, 0) is 10.5 Å². The summed E-state index contributed by atoms with van der Waals surface area (Å²) in [5.41, 5.74) is 4.47. The summed E-state index contributed by atoms with van der Waals surface area (Å²) < 4.78 is 1.47. The first-order chi connectivity index (χ1) is 14.9. The van der Waals surface area contributed by atoms with Crippen molar-refractivity contribution in [2.24, 2.45) is 5.10 Å². The zero-order valence-corrected chi connectivity index (χ0v) is 19.4. The molecule has 160 valence electrons. The number of benzene rings is 2. The summed E-state index contributed by atoms with van der Waals surface area (Å²) in [7, 11) is 0. The molecule has 0 aliphatic rings. The second-order valence-electron chi connectivity index (χ2n) is 6.04. The molecule has 1 N–H and O–H groups in total. The molecule has 31 heavy (non-hydrogen) atoms. The number of hydrazone groups is 1. The number of rotatable bonds is 9. The molecule has 0 bridgehead atoms. The standard InChI is InChI=1S/C19H16ClN5O3S3/c1-12(13-6-4-7-15(9-13)25(27)28)21-22-17(26)11-30-19-24-23-18(31-19)29-10-14-5-2-3-8-16(14)20/h2-9H,10-11H2,1H3,(H,22,26)/b21-12-. The molecule has 3 rings (SSSR count). The van der Waals surface area contributed by atoms with Crippen molar-refractivity contribution in [2.75, 3.05) is 5.75 Å². The molecular weight excluding hydrogens is 478 g/mol. The maximum atomic E-state index is 12.1. The molecule has 0 aliphatic heterocycles. The number of aromatic nitrogens is 2. The molecule has 12 heteroatoms. The number of halogens is 1. The van der Waals surface area contributed by atoms with Gasteiger partial charge < -0.3 is 0 Å². The monoisotopic (exact) mass is 493 g/mol. The van der Waals surface area contributed by atoms with E-state index >= 15 is 0 Å². The Bertz CT molecular complexity index is 1120. The van der Waals surface area contributed by atoms with Crippen molar-refractivity contribution >= 4 is 63.8 Å². The molecule has 0 radical (unpaired) electrons. The average molecular weight is 494 g/mol. The fourth-order valence-electron chi connectivity index (χ4n) is 2.28. The average Bonchev–Trinajstić information content (AvgIpc) is 3.23. The van der Waals surface area contributed by atoms with Crippen molar-refractivity contribution in [3.05, 3.63) is 74.8 Å². The normalized spacial score (nSPS) is 11.4. The van der Waals surface area contributed by atoms with Crippen LogP contribution in [0.25, 0.3) is 0 Å². The fraction of sp³-hybridized carbons (Fsp3) is 0.158. The Morgan fingerprint density at radius 1 is 1.19 bits per heavy atom. The number of carbonyl (C=O) groups excluding carboxylic acids is 1. The van der Waals surface area contributed by atoms with Crippen LogP contribution in [0.3, 0.4) is 0 Å². The van der Waals surface area contributed by atoms with Crippen molar-refractivity contribution in [1.29, 1.82) is 0 Å². The lowest BCUT2D eigenvalue weighted by molar-refractivity contribution is -0.384. The number of amides is 1. The molecule has 0 unspecified atom stereocenters. The van der Waals surface area contributed by atoms with Gasteiger partial charge >= 0.3 is 0 Å². The molecule has 1 heterocycles. The lowest BCUT2D eigenvalue weighted by atomic mass is 10.1. The van der Waals surface area contributed by atoms with Gasteiger partial charge in [0.1, 0.15) is 0 Å². The van der Waals surface area contributed by atoms with Gasteiger partial charge in [-0.25, -0.2) is 5.43 Å². The molecule has 0 fully saturated rings. The maximum absolute atomic E-state index is 12.1. The predicted octanol–water partition coefficient (Wildman–Crippen LogP) is 5.02. The summed E-state index contributed by atoms with van der Waals surface area (Å²) in [5.74, 6) is 0.496. The molecule has 0 aliphatic carbocycles. The third-order valence-corrected chi connectivity index (χ3v) is 7.45. The molecular formula is C19H16ClN5O3S3. The Balaban J connectivity index is 1.47. The van der Waals surface area contributed by atoms with Gasteiger partial charge in [-0.15, -0.1) is 10.2 Å². The highest BCUT2D eigenvalue weighted by molar-refractivity contribution is 8.03. The molecule has 0 spiro atoms. The van der Waals surface area contributed by atoms with E-state index in [1.165, 1.54) is 47.0 Å². The van der Waals surface area contributed by atoms with Crippen molar-refractivity contribution in [1.82, 2.24) is 15.6 Å². The van der Waals surface area contributed by atoms with Gasteiger partial charge in [0.15, 0.2) is 8.68 Å². The van der Waals surface area contributed by atoms with Crippen LogP contribution in [0.5, 0.6) is 0 Å². The Morgan fingerprint density at radius 3 is 2.68 bits per heavy atom.